The minimum atomic E-state index is 0.106. The number of anilines is 1. The summed E-state index contributed by atoms with van der Waals surface area (Å²) < 4.78 is 5.75. The smallest absolute Gasteiger partial charge is 0.277 e. The van der Waals surface area contributed by atoms with Gasteiger partial charge in [-0.2, -0.15) is 0 Å². The molecular weight excluding hydrogens is 396 g/mol. The first kappa shape index (κ1) is 20.5. The monoisotopic (exact) mass is 422 g/mol. The van der Waals surface area contributed by atoms with Gasteiger partial charge in [0.2, 0.25) is 11.8 Å². The maximum atomic E-state index is 12.6. The molecule has 0 radical (unpaired) electrons. The third-order valence-electron chi connectivity index (χ3n) is 5.48. The first-order chi connectivity index (χ1) is 14.5. The number of aryl methyl sites for hydroxylation is 3. The predicted octanol–water partition coefficient (Wildman–Crippen LogP) is 4.10. The van der Waals surface area contributed by atoms with Crippen LogP contribution in [0.1, 0.15) is 16.7 Å². The number of piperazine rings is 1. The molecule has 4 rings (SSSR count). The van der Waals surface area contributed by atoms with Crippen LogP contribution in [0.4, 0.5) is 5.69 Å². The molecule has 2 heterocycles. The molecule has 3 aromatic rings. The lowest BCUT2D eigenvalue weighted by Crippen LogP contribution is -2.49. The van der Waals surface area contributed by atoms with E-state index in [2.05, 4.69) is 60.1 Å². The minimum Gasteiger partial charge on any atom is -0.411 e. The van der Waals surface area contributed by atoms with Gasteiger partial charge < -0.3 is 14.2 Å². The Labute approximate surface area is 181 Å². The highest BCUT2D eigenvalue weighted by Gasteiger charge is 2.22. The molecule has 1 aromatic heterocycles. The zero-order valence-corrected chi connectivity index (χ0v) is 18.4. The molecule has 0 bridgehead atoms. The molecule has 6 nitrogen and oxygen atoms in total. The zero-order valence-electron chi connectivity index (χ0n) is 17.6. The van der Waals surface area contributed by atoms with Gasteiger partial charge in [0.25, 0.3) is 5.22 Å². The van der Waals surface area contributed by atoms with Gasteiger partial charge in [-0.3, -0.25) is 4.79 Å². The molecular formula is C23H26N4O2S. The van der Waals surface area contributed by atoms with Crippen LogP contribution in [0.2, 0.25) is 0 Å². The number of nitrogens with zero attached hydrogens (tertiary/aromatic N) is 4. The number of carbonyl (C=O) groups is 1. The van der Waals surface area contributed by atoms with Crippen LogP contribution in [0.25, 0.3) is 11.5 Å². The molecule has 7 heteroatoms. The van der Waals surface area contributed by atoms with E-state index in [0.717, 1.165) is 31.7 Å². The van der Waals surface area contributed by atoms with Gasteiger partial charge in [0.1, 0.15) is 0 Å². The van der Waals surface area contributed by atoms with Crippen LogP contribution in [0, 0.1) is 20.8 Å². The molecule has 30 heavy (non-hydrogen) atoms. The van der Waals surface area contributed by atoms with Crippen molar-refractivity contribution in [2.75, 3.05) is 36.8 Å². The van der Waals surface area contributed by atoms with Crippen molar-refractivity contribution in [1.29, 1.82) is 0 Å². The first-order valence-electron chi connectivity index (χ1n) is 10.1. The van der Waals surface area contributed by atoms with Crippen LogP contribution >= 0.6 is 11.8 Å². The molecule has 0 saturated carbocycles. The van der Waals surface area contributed by atoms with Gasteiger partial charge in [-0.15, -0.1) is 10.2 Å². The maximum absolute atomic E-state index is 12.6. The highest BCUT2D eigenvalue weighted by Crippen LogP contribution is 2.25. The minimum absolute atomic E-state index is 0.106. The van der Waals surface area contributed by atoms with Gasteiger partial charge in [-0.25, -0.2) is 0 Å². The summed E-state index contributed by atoms with van der Waals surface area (Å²) in [5.41, 5.74) is 5.78. The van der Waals surface area contributed by atoms with Gasteiger partial charge >= 0.3 is 0 Å². The van der Waals surface area contributed by atoms with E-state index in [1.807, 2.05) is 23.1 Å². The summed E-state index contributed by atoms with van der Waals surface area (Å²) in [4.78, 5) is 16.9. The molecule has 156 valence electrons. The standard InChI is InChI=1S/C23H26N4O2S/c1-16-5-4-6-20(13-16)26-9-11-27(12-10-26)21(28)15-30-23-25-24-22(29-23)19-8-7-17(2)18(3)14-19/h4-8,13-14H,9-12,15H2,1-3H3. The summed E-state index contributed by atoms with van der Waals surface area (Å²) in [6, 6.07) is 14.6. The van der Waals surface area contributed by atoms with Crippen molar-refractivity contribution in [3.8, 4) is 11.5 Å². The summed E-state index contributed by atoms with van der Waals surface area (Å²) in [6.45, 7) is 9.37. The van der Waals surface area contributed by atoms with E-state index in [-0.39, 0.29) is 5.91 Å². The van der Waals surface area contributed by atoms with Crippen molar-refractivity contribution >= 4 is 23.4 Å². The number of carbonyl (C=O) groups excluding carboxylic acids is 1. The van der Waals surface area contributed by atoms with Crippen molar-refractivity contribution in [2.45, 2.75) is 26.0 Å². The van der Waals surface area contributed by atoms with Crippen LogP contribution < -0.4 is 4.90 Å². The molecule has 0 spiro atoms. The Kier molecular flexibility index (Phi) is 6.08. The highest BCUT2D eigenvalue weighted by atomic mass is 32.2. The van der Waals surface area contributed by atoms with E-state index >= 15 is 0 Å². The van der Waals surface area contributed by atoms with Crippen molar-refractivity contribution in [2.24, 2.45) is 0 Å². The normalized spacial score (nSPS) is 14.2. The molecule has 1 amide bonds. The van der Waals surface area contributed by atoms with Crippen molar-refractivity contribution in [3.63, 3.8) is 0 Å². The van der Waals surface area contributed by atoms with Crippen molar-refractivity contribution in [3.05, 3.63) is 59.2 Å². The summed E-state index contributed by atoms with van der Waals surface area (Å²) in [7, 11) is 0. The van der Waals surface area contributed by atoms with Crippen LogP contribution in [0.5, 0.6) is 0 Å². The number of benzene rings is 2. The van der Waals surface area contributed by atoms with Crippen LogP contribution in [0.3, 0.4) is 0 Å². The molecule has 1 aliphatic rings. The molecule has 0 N–H and O–H groups in total. The Morgan fingerprint density at radius 3 is 2.53 bits per heavy atom. The topological polar surface area (TPSA) is 62.5 Å². The van der Waals surface area contributed by atoms with E-state index in [1.54, 1.807) is 0 Å². The number of hydrogen-bond donors (Lipinski definition) is 0. The Hall–Kier alpha value is -2.80. The molecule has 0 aliphatic carbocycles. The Balaban J connectivity index is 1.29. The number of hydrogen-bond acceptors (Lipinski definition) is 6. The summed E-state index contributed by atoms with van der Waals surface area (Å²) in [6.07, 6.45) is 0. The summed E-state index contributed by atoms with van der Waals surface area (Å²) >= 11 is 1.30. The largest absolute Gasteiger partial charge is 0.411 e. The quantitative estimate of drug-likeness (QED) is 0.577. The fourth-order valence-corrected chi connectivity index (χ4v) is 4.18. The van der Waals surface area contributed by atoms with Gasteiger partial charge in [0.15, 0.2) is 0 Å². The molecule has 1 fully saturated rings. The van der Waals surface area contributed by atoms with Crippen molar-refractivity contribution in [1.82, 2.24) is 15.1 Å². The third kappa shape index (κ3) is 4.67. The molecule has 0 unspecified atom stereocenters. The Bertz CT molecular complexity index is 1040. The van der Waals surface area contributed by atoms with Crippen LogP contribution in [0.15, 0.2) is 52.1 Å². The summed E-state index contributed by atoms with van der Waals surface area (Å²) in [5.74, 6) is 0.897. The fourth-order valence-electron chi connectivity index (χ4n) is 3.51. The average Bonchev–Trinajstić information content (AvgIpc) is 3.23. The SMILES string of the molecule is Cc1cccc(N2CCN(C(=O)CSc3nnc(-c4ccc(C)c(C)c4)o3)CC2)c1. The second-order valence-electron chi connectivity index (χ2n) is 7.67. The maximum Gasteiger partial charge on any atom is 0.277 e. The highest BCUT2D eigenvalue weighted by molar-refractivity contribution is 7.99. The molecule has 1 aliphatic heterocycles. The van der Waals surface area contributed by atoms with Crippen LogP contribution in [-0.2, 0) is 4.79 Å². The van der Waals surface area contributed by atoms with Gasteiger partial charge in [0, 0.05) is 37.4 Å². The van der Waals surface area contributed by atoms with E-state index in [4.69, 9.17) is 4.42 Å². The third-order valence-corrected chi connectivity index (χ3v) is 6.28. The Morgan fingerprint density at radius 1 is 1.00 bits per heavy atom. The number of thioether (sulfide) groups is 1. The zero-order chi connectivity index (χ0) is 21.1. The lowest BCUT2D eigenvalue weighted by molar-refractivity contribution is -0.128. The second-order valence-corrected chi connectivity index (χ2v) is 8.59. The molecule has 2 aromatic carbocycles. The van der Waals surface area contributed by atoms with E-state index in [0.29, 0.717) is 16.9 Å². The van der Waals surface area contributed by atoms with E-state index in [1.165, 1.54) is 34.1 Å². The lowest BCUT2D eigenvalue weighted by Gasteiger charge is -2.36. The second kappa shape index (κ2) is 8.92. The van der Waals surface area contributed by atoms with Crippen molar-refractivity contribution < 1.29 is 9.21 Å². The Morgan fingerprint density at radius 2 is 1.80 bits per heavy atom. The van der Waals surface area contributed by atoms with Gasteiger partial charge in [-0.1, -0.05) is 30.0 Å². The molecule has 0 atom stereocenters. The predicted molar refractivity (Wildman–Crippen MR) is 120 cm³/mol. The summed E-state index contributed by atoms with van der Waals surface area (Å²) in [5, 5.41) is 8.64. The number of rotatable bonds is 5. The number of aromatic nitrogens is 2. The van der Waals surface area contributed by atoms with Gasteiger partial charge in [0.05, 0.1) is 5.75 Å². The molecule has 1 saturated heterocycles. The van der Waals surface area contributed by atoms with Crippen LogP contribution in [-0.4, -0.2) is 52.9 Å². The van der Waals surface area contributed by atoms with E-state index in [9.17, 15) is 4.79 Å². The van der Waals surface area contributed by atoms with Gasteiger partial charge in [-0.05, 0) is 61.7 Å². The fraction of sp³-hybridized carbons (Fsp3) is 0.348. The average molecular weight is 423 g/mol. The van der Waals surface area contributed by atoms with E-state index < -0.39 is 0 Å². The first-order valence-corrected chi connectivity index (χ1v) is 11.1. The number of amides is 1. The lowest BCUT2D eigenvalue weighted by atomic mass is 10.1.